The fraction of sp³-hybridized carbons (Fsp3) is 0.378. The summed E-state index contributed by atoms with van der Waals surface area (Å²) in [6.07, 6.45) is 7.54. The fourth-order valence-corrected chi connectivity index (χ4v) is 8.65. The third-order valence-electron chi connectivity index (χ3n) is 10.6. The van der Waals surface area contributed by atoms with Gasteiger partial charge in [0, 0.05) is 77.5 Å². The summed E-state index contributed by atoms with van der Waals surface area (Å²) in [6, 6.07) is 8.51. The summed E-state index contributed by atoms with van der Waals surface area (Å²) >= 11 is 0. The van der Waals surface area contributed by atoms with Gasteiger partial charge in [0.05, 0.1) is 17.1 Å². The summed E-state index contributed by atoms with van der Waals surface area (Å²) in [5.74, 6) is -1.95. The van der Waals surface area contributed by atoms with Crippen molar-refractivity contribution in [3.05, 3.63) is 85.4 Å². The van der Waals surface area contributed by atoms with Crippen LogP contribution in [0.5, 0.6) is 11.5 Å². The van der Waals surface area contributed by atoms with Crippen LogP contribution in [0.15, 0.2) is 30.3 Å². The monoisotopic (exact) mass is 631 g/mol. The van der Waals surface area contributed by atoms with Gasteiger partial charge in [-0.05, 0) is 73.9 Å². The molecule has 0 radical (unpaired) electrons. The molecule has 0 unspecified atom stereocenters. The average molecular weight is 632 g/mol. The summed E-state index contributed by atoms with van der Waals surface area (Å²) in [7, 11) is 0. The first-order chi connectivity index (χ1) is 22.9. The molecule has 2 amide bonds. The molecule has 6 aliphatic heterocycles. The third-order valence-corrected chi connectivity index (χ3v) is 10.6. The standard InChI is InChI=1S/C37H33N3O7/c41-29-11-12-30(42)40(29)47-37(45)22-9-10-23(36(43)44)26(19-22)31-27-17-20-5-1-13-38-15-3-7-24(32(20)38)34(27)46-35-25-8-4-16-39-14-2-6-21(33(25)39)18-28(31)35/h9-10,17-19H,1-8,11-16H2. The maximum Gasteiger partial charge on any atom is 0.363 e. The van der Waals surface area contributed by atoms with Crippen LogP contribution in [0.1, 0.15) is 92.6 Å². The van der Waals surface area contributed by atoms with E-state index in [0.29, 0.717) is 16.2 Å². The van der Waals surface area contributed by atoms with Crippen molar-refractivity contribution in [2.24, 2.45) is 0 Å². The Hall–Kier alpha value is -4.99. The quantitative estimate of drug-likeness (QED) is 0.247. The number of carbonyl (C=O) groups excluding carboxylic acids is 4. The number of carboxylic acids is 1. The maximum atomic E-state index is 13.4. The van der Waals surface area contributed by atoms with Crippen LogP contribution in [-0.4, -0.2) is 55.0 Å². The number of aryl methyl sites for hydroxylation is 2. The number of carbonyl (C=O) groups is 4. The molecular formula is C37H33N3O7. The zero-order valence-electron chi connectivity index (χ0n) is 26.0. The maximum absolute atomic E-state index is 13.4. The number of nitrogens with zero attached hydrogens (tertiary/aromatic N) is 3. The first-order valence-corrected chi connectivity index (χ1v) is 16.7. The highest BCUT2D eigenvalue weighted by molar-refractivity contribution is 6.04. The van der Waals surface area contributed by atoms with Gasteiger partial charge in [-0.15, -0.1) is 5.06 Å². The molecule has 0 saturated carbocycles. The lowest BCUT2D eigenvalue weighted by Gasteiger charge is -2.39. The number of anilines is 1. The number of hydrogen-bond donors (Lipinski definition) is 0. The van der Waals surface area contributed by atoms with Gasteiger partial charge in [-0.2, -0.15) is 0 Å². The van der Waals surface area contributed by atoms with E-state index >= 15 is 0 Å². The lowest BCUT2D eigenvalue weighted by Crippen LogP contribution is -2.45. The number of benzene rings is 3. The topological polar surface area (TPSA) is 119 Å². The Bertz CT molecular complexity index is 2090. The molecule has 9 rings (SSSR count). The first-order valence-electron chi connectivity index (χ1n) is 16.7. The molecule has 10 nitrogen and oxygen atoms in total. The van der Waals surface area contributed by atoms with Crippen molar-refractivity contribution in [2.45, 2.75) is 64.2 Å². The van der Waals surface area contributed by atoms with Crippen LogP contribution in [0.2, 0.25) is 0 Å². The van der Waals surface area contributed by atoms with E-state index in [1.165, 1.54) is 40.4 Å². The lowest BCUT2D eigenvalue weighted by atomic mass is 9.81. The van der Waals surface area contributed by atoms with E-state index in [1.807, 2.05) is 0 Å². The van der Waals surface area contributed by atoms with E-state index < -0.39 is 23.8 Å². The highest BCUT2D eigenvalue weighted by Crippen LogP contribution is 2.48. The number of imide groups is 1. The smallest absolute Gasteiger partial charge is 0.363 e. The molecule has 47 heavy (non-hydrogen) atoms. The number of aromatic carboxylic acids is 1. The Morgan fingerprint density at radius 3 is 2.30 bits per heavy atom. The zero-order valence-corrected chi connectivity index (χ0v) is 26.0. The molecule has 238 valence electrons. The molecule has 6 heterocycles. The van der Waals surface area contributed by atoms with E-state index in [-0.39, 0.29) is 24.0 Å². The van der Waals surface area contributed by atoms with Gasteiger partial charge in [0.25, 0.3) is 11.8 Å². The van der Waals surface area contributed by atoms with Gasteiger partial charge in [0.2, 0.25) is 5.36 Å². The van der Waals surface area contributed by atoms with Crippen molar-refractivity contribution in [1.82, 2.24) is 9.64 Å². The van der Waals surface area contributed by atoms with Gasteiger partial charge >= 0.3 is 5.97 Å². The Balaban J connectivity index is 1.34. The van der Waals surface area contributed by atoms with Crippen molar-refractivity contribution in [2.75, 3.05) is 31.1 Å². The molecule has 3 aromatic carbocycles. The van der Waals surface area contributed by atoms with Crippen molar-refractivity contribution < 1.29 is 33.9 Å². The van der Waals surface area contributed by atoms with Crippen LogP contribution in [0.25, 0.3) is 5.57 Å². The van der Waals surface area contributed by atoms with Crippen LogP contribution < -0.4 is 29.9 Å². The third kappa shape index (κ3) is 4.26. The van der Waals surface area contributed by atoms with Crippen molar-refractivity contribution >= 4 is 35.0 Å². The van der Waals surface area contributed by atoms with Crippen molar-refractivity contribution in [3.63, 3.8) is 0 Å². The van der Waals surface area contributed by atoms with E-state index in [2.05, 4.69) is 21.6 Å². The zero-order chi connectivity index (χ0) is 32.0. The molecule has 10 heteroatoms. The number of fused-ring (bicyclic) bond motifs is 4. The minimum Gasteiger partial charge on any atom is -0.545 e. The van der Waals surface area contributed by atoms with Gasteiger partial charge in [-0.3, -0.25) is 9.59 Å². The molecule has 0 bridgehead atoms. The highest BCUT2D eigenvalue weighted by Gasteiger charge is 2.37. The summed E-state index contributed by atoms with van der Waals surface area (Å²) in [5.41, 5.74) is 7.76. The highest BCUT2D eigenvalue weighted by atomic mass is 16.7. The number of rotatable bonds is 4. The summed E-state index contributed by atoms with van der Waals surface area (Å²) < 4.78 is 9.51. The summed E-state index contributed by atoms with van der Waals surface area (Å²) in [4.78, 5) is 58.3. The number of hydroxylamine groups is 2. The molecule has 0 aromatic heterocycles. The van der Waals surface area contributed by atoms with Gasteiger partial charge in [-0.1, -0.05) is 6.07 Å². The van der Waals surface area contributed by atoms with Crippen molar-refractivity contribution in [3.8, 4) is 11.5 Å². The lowest BCUT2D eigenvalue weighted by molar-refractivity contribution is -0.255. The molecule has 0 aliphatic carbocycles. The molecule has 3 aromatic rings. The van der Waals surface area contributed by atoms with Crippen LogP contribution in [-0.2, 0) is 40.1 Å². The molecule has 1 saturated heterocycles. The SMILES string of the molecule is O=C(ON1C(=O)CCC1=O)c1ccc(C(=O)[O-])c(C2=c3cc4c5c(c3Oc3c2cc2c6c3CCCN6CCC2)CCC[N+]=5CCC4)c1. The Morgan fingerprint density at radius 2 is 1.51 bits per heavy atom. The predicted molar refractivity (Wildman–Crippen MR) is 168 cm³/mol. The second kappa shape index (κ2) is 10.5. The normalized spacial score (nSPS) is 19.1. The number of amides is 2. The Labute approximate surface area is 270 Å². The fourth-order valence-electron chi connectivity index (χ4n) is 8.65. The number of hydrogen-bond acceptors (Lipinski definition) is 8. The minimum absolute atomic E-state index is 0.0236. The molecule has 6 aliphatic rings. The molecule has 0 N–H and O–H groups in total. The van der Waals surface area contributed by atoms with Crippen LogP contribution in [0.3, 0.4) is 0 Å². The molecule has 1 fully saturated rings. The molecular weight excluding hydrogens is 598 g/mol. The number of ether oxygens (including phenoxy) is 1. The van der Waals surface area contributed by atoms with Crippen LogP contribution in [0.4, 0.5) is 5.69 Å². The van der Waals surface area contributed by atoms with E-state index in [0.717, 1.165) is 111 Å². The first kappa shape index (κ1) is 28.3. The van der Waals surface area contributed by atoms with E-state index in [1.54, 1.807) is 0 Å². The Morgan fingerprint density at radius 1 is 0.787 bits per heavy atom. The summed E-state index contributed by atoms with van der Waals surface area (Å²) in [6.45, 7) is 4.00. The molecule has 0 atom stereocenters. The van der Waals surface area contributed by atoms with E-state index in [9.17, 15) is 24.3 Å². The second-order valence-corrected chi connectivity index (χ2v) is 13.4. The van der Waals surface area contributed by atoms with E-state index in [4.69, 9.17) is 9.57 Å². The predicted octanol–water partition coefficient (Wildman–Crippen LogP) is 1.71. The van der Waals surface area contributed by atoms with Crippen LogP contribution in [0, 0.1) is 0 Å². The molecule has 0 spiro atoms. The summed E-state index contributed by atoms with van der Waals surface area (Å²) in [5, 5.41) is 15.3. The minimum atomic E-state index is -1.37. The van der Waals surface area contributed by atoms with Crippen LogP contribution >= 0.6 is 0 Å². The van der Waals surface area contributed by atoms with Gasteiger partial charge in [0.1, 0.15) is 24.6 Å². The Kier molecular flexibility index (Phi) is 6.32. The second-order valence-electron chi connectivity index (χ2n) is 13.4. The largest absolute Gasteiger partial charge is 0.545 e. The number of carboxylic acid groups (broad SMARTS) is 1. The average Bonchev–Trinajstić information content (AvgIpc) is 3.40. The van der Waals surface area contributed by atoms with Gasteiger partial charge < -0.3 is 24.4 Å². The van der Waals surface area contributed by atoms with Gasteiger partial charge in [-0.25, -0.2) is 9.37 Å². The van der Waals surface area contributed by atoms with Gasteiger partial charge in [0.15, 0.2) is 0 Å². The van der Waals surface area contributed by atoms with Crippen molar-refractivity contribution in [1.29, 1.82) is 0 Å².